The molecule has 0 amide bonds. The molecule has 1 aliphatic heterocycles. The molecule has 0 spiro atoms. The third kappa shape index (κ3) is 3.46. The maximum absolute atomic E-state index is 6.39. The molecule has 1 aliphatic rings. The number of hydrogen-bond donors (Lipinski definition) is 1. The van der Waals surface area contributed by atoms with Crippen molar-refractivity contribution in [2.45, 2.75) is 26.8 Å². The molecular weight excluding hydrogens is 310 g/mol. The van der Waals surface area contributed by atoms with Crippen molar-refractivity contribution in [1.82, 2.24) is 0 Å². The lowest BCUT2D eigenvalue weighted by molar-refractivity contribution is -0.932. The van der Waals surface area contributed by atoms with Crippen LogP contribution in [-0.4, -0.2) is 20.4 Å². The van der Waals surface area contributed by atoms with Gasteiger partial charge in [-0.15, -0.1) is 0 Å². The number of rotatable bonds is 4. The molecule has 0 fully saturated rings. The minimum absolute atomic E-state index is 0.712. The van der Waals surface area contributed by atoms with E-state index in [1.807, 2.05) is 19.1 Å². The summed E-state index contributed by atoms with van der Waals surface area (Å²) in [5.74, 6) is 1.90. The molecule has 2 aromatic rings. The summed E-state index contributed by atoms with van der Waals surface area (Å²) < 4.78 is 11.2. The second kappa shape index (κ2) is 6.81. The molecule has 1 unspecified atom stereocenters. The minimum atomic E-state index is 0.712. The Balaban J connectivity index is 1.66. The van der Waals surface area contributed by atoms with E-state index in [9.17, 15) is 0 Å². The number of nitrogens with one attached hydrogen (secondary N) is 1. The molecule has 0 radical (unpaired) electrons. The predicted molar refractivity (Wildman–Crippen MR) is 92.7 cm³/mol. The van der Waals surface area contributed by atoms with Crippen molar-refractivity contribution in [3.8, 4) is 11.5 Å². The summed E-state index contributed by atoms with van der Waals surface area (Å²) in [5, 5.41) is 0.865. The summed E-state index contributed by atoms with van der Waals surface area (Å²) >= 11 is 6.39. The van der Waals surface area contributed by atoms with E-state index in [0.717, 1.165) is 47.2 Å². The molecule has 0 saturated heterocycles. The first-order chi connectivity index (χ1) is 11.1. The minimum Gasteiger partial charge on any atom is -0.497 e. The summed E-state index contributed by atoms with van der Waals surface area (Å²) in [5.41, 5.74) is 4.81. The van der Waals surface area contributed by atoms with E-state index in [-0.39, 0.29) is 0 Å². The van der Waals surface area contributed by atoms with Crippen molar-refractivity contribution < 1.29 is 14.4 Å². The summed E-state index contributed by atoms with van der Waals surface area (Å²) in [7, 11) is 1.69. The van der Waals surface area contributed by atoms with Crippen molar-refractivity contribution in [3.05, 3.63) is 57.6 Å². The zero-order valence-corrected chi connectivity index (χ0v) is 14.7. The zero-order valence-electron chi connectivity index (χ0n) is 13.9. The number of quaternary nitrogens is 1. The first-order valence-electron chi connectivity index (χ1n) is 7.96. The van der Waals surface area contributed by atoms with Gasteiger partial charge in [-0.2, -0.15) is 0 Å². The van der Waals surface area contributed by atoms with Crippen LogP contribution in [-0.2, 0) is 13.0 Å². The van der Waals surface area contributed by atoms with E-state index < -0.39 is 0 Å². The van der Waals surface area contributed by atoms with Crippen LogP contribution in [0.15, 0.2) is 30.3 Å². The van der Waals surface area contributed by atoms with Crippen LogP contribution in [0.2, 0.25) is 5.02 Å². The van der Waals surface area contributed by atoms with Crippen molar-refractivity contribution in [3.63, 3.8) is 0 Å². The van der Waals surface area contributed by atoms with Gasteiger partial charge in [-0.3, -0.25) is 4.90 Å². The molecule has 0 aromatic heterocycles. The quantitative estimate of drug-likeness (QED) is 0.930. The zero-order chi connectivity index (χ0) is 16.4. The Kier molecular flexibility index (Phi) is 4.79. The highest BCUT2D eigenvalue weighted by atomic mass is 35.5. The number of ether oxygens (including phenoxy) is 2. The monoisotopic (exact) mass is 332 g/mol. The SMILES string of the molecule is COc1ccc(CC[NH+]2COc3cc(C)c(Cl)c(C)c3C2)cc1. The normalized spacial score (nSPS) is 16.6. The van der Waals surface area contributed by atoms with Crippen molar-refractivity contribution in [2.75, 3.05) is 20.4 Å². The molecular formula is C19H23ClNO2+. The average molecular weight is 333 g/mol. The van der Waals surface area contributed by atoms with E-state index in [0.29, 0.717) is 6.73 Å². The van der Waals surface area contributed by atoms with Gasteiger partial charge in [0.05, 0.1) is 19.2 Å². The Morgan fingerprint density at radius 1 is 1.22 bits per heavy atom. The molecule has 3 nitrogen and oxygen atoms in total. The fraction of sp³-hybridized carbons (Fsp3) is 0.368. The van der Waals surface area contributed by atoms with Crippen LogP contribution in [0.3, 0.4) is 0 Å². The smallest absolute Gasteiger partial charge is 0.222 e. The highest BCUT2D eigenvalue weighted by molar-refractivity contribution is 6.32. The Labute approximate surface area is 142 Å². The molecule has 0 saturated carbocycles. The maximum Gasteiger partial charge on any atom is 0.222 e. The lowest BCUT2D eigenvalue weighted by Crippen LogP contribution is -3.12. The van der Waals surface area contributed by atoms with Crippen LogP contribution in [0.25, 0.3) is 0 Å². The fourth-order valence-corrected chi connectivity index (χ4v) is 3.23. The third-order valence-electron chi connectivity index (χ3n) is 4.56. The van der Waals surface area contributed by atoms with Crippen LogP contribution in [0.5, 0.6) is 11.5 Å². The summed E-state index contributed by atoms with van der Waals surface area (Å²) in [6, 6.07) is 10.3. The second-order valence-electron chi connectivity index (χ2n) is 6.17. The molecule has 1 N–H and O–H groups in total. The van der Waals surface area contributed by atoms with E-state index in [2.05, 4.69) is 25.1 Å². The molecule has 0 bridgehead atoms. The molecule has 3 rings (SSSR count). The van der Waals surface area contributed by atoms with Crippen LogP contribution < -0.4 is 14.4 Å². The van der Waals surface area contributed by atoms with Gasteiger partial charge in [0.25, 0.3) is 0 Å². The summed E-state index contributed by atoms with van der Waals surface area (Å²) in [6.07, 6.45) is 1.02. The topological polar surface area (TPSA) is 22.9 Å². The molecule has 2 aromatic carbocycles. The van der Waals surface area contributed by atoms with Crippen LogP contribution >= 0.6 is 11.6 Å². The molecule has 4 heteroatoms. The van der Waals surface area contributed by atoms with E-state index >= 15 is 0 Å². The molecule has 122 valence electrons. The Morgan fingerprint density at radius 3 is 2.65 bits per heavy atom. The predicted octanol–water partition coefficient (Wildman–Crippen LogP) is 2.94. The third-order valence-corrected chi connectivity index (χ3v) is 5.14. The fourth-order valence-electron chi connectivity index (χ4n) is 3.06. The lowest BCUT2D eigenvalue weighted by atomic mass is 10.0. The molecule has 0 aliphatic carbocycles. The number of benzene rings is 2. The van der Waals surface area contributed by atoms with Gasteiger partial charge in [0.2, 0.25) is 6.73 Å². The Bertz CT molecular complexity index is 698. The first kappa shape index (κ1) is 16.2. The van der Waals surface area contributed by atoms with Gasteiger partial charge in [-0.25, -0.2) is 0 Å². The van der Waals surface area contributed by atoms with E-state index in [1.165, 1.54) is 16.0 Å². The van der Waals surface area contributed by atoms with Gasteiger partial charge in [-0.05, 0) is 48.7 Å². The molecule has 1 atom stereocenters. The largest absolute Gasteiger partial charge is 0.497 e. The standard InChI is InChI=1S/C19H22ClNO2/c1-13-10-18-17(14(2)19(13)20)11-21(12-23-18)9-8-15-4-6-16(22-3)7-5-15/h4-7,10H,8-9,11-12H2,1-3H3/p+1. The van der Waals surface area contributed by atoms with Crippen LogP contribution in [0.1, 0.15) is 22.3 Å². The first-order valence-corrected chi connectivity index (χ1v) is 8.34. The molecule has 1 heterocycles. The highest BCUT2D eigenvalue weighted by Gasteiger charge is 2.24. The number of hydrogen-bond acceptors (Lipinski definition) is 2. The van der Waals surface area contributed by atoms with Crippen LogP contribution in [0, 0.1) is 13.8 Å². The molecule has 23 heavy (non-hydrogen) atoms. The van der Waals surface area contributed by atoms with Crippen molar-refractivity contribution in [2.24, 2.45) is 0 Å². The Morgan fingerprint density at radius 2 is 1.96 bits per heavy atom. The summed E-state index contributed by atoms with van der Waals surface area (Å²) in [4.78, 5) is 1.43. The average Bonchev–Trinajstić information content (AvgIpc) is 2.59. The lowest BCUT2D eigenvalue weighted by Gasteiger charge is -2.28. The van der Waals surface area contributed by atoms with Crippen LogP contribution in [0.4, 0.5) is 0 Å². The van der Waals surface area contributed by atoms with Gasteiger partial charge in [0.15, 0.2) is 0 Å². The number of methoxy groups -OCH3 is 1. The van der Waals surface area contributed by atoms with Gasteiger partial charge in [-0.1, -0.05) is 23.7 Å². The van der Waals surface area contributed by atoms with Gasteiger partial charge < -0.3 is 9.47 Å². The Hall–Kier alpha value is -1.71. The number of aryl methyl sites for hydroxylation is 1. The highest BCUT2D eigenvalue weighted by Crippen LogP contribution is 2.32. The van der Waals surface area contributed by atoms with E-state index in [1.54, 1.807) is 7.11 Å². The van der Waals surface area contributed by atoms with Gasteiger partial charge >= 0.3 is 0 Å². The van der Waals surface area contributed by atoms with E-state index in [4.69, 9.17) is 21.1 Å². The van der Waals surface area contributed by atoms with Gasteiger partial charge in [0.1, 0.15) is 18.0 Å². The maximum atomic E-state index is 6.39. The van der Waals surface area contributed by atoms with Gasteiger partial charge in [0, 0.05) is 11.4 Å². The second-order valence-corrected chi connectivity index (χ2v) is 6.55. The number of fused-ring (bicyclic) bond motifs is 1. The number of halogens is 1. The summed E-state index contributed by atoms with van der Waals surface area (Å²) in [6.45, 7) is 6.84. The van der Waals surface area contributed by atoms with Crippen molar-refractivity contribution >= 4 is 11.6 Å². The van der Waals surface area contributed by atoms with Crippen molar-refractivity contribution in [1.29, 1.82) is 0 Å².